The van der Waals surface area contributed by atoms with Crippen molar-refractivity contribution in [3.63, 3.8) is 0 Å². The van der Waals surface area contributed by atoms with E-state index in [1.54, 1.807) is 7.05 Å². The maximum atomic E-state index is 12.9. The molecule has 0 spiro atoms. The Balaban J connectivity index is 2.31. The van der Waals surface area contributed by atoms with Gasteiger partial charge >= 0.3 is 0 Å². The molecule has 0 fully saturated rings. The van der Waals surface area contributed by atoms with E-state index in [4.69, 9.17) is 16.1 Å². The maximum Gasteiger partial charge on any atom is 0.258 e. The molecule has 16 heavy (non-hydrogen) atoms. The molecule has 1 heterocycles. The second kappa shape index (κ2) is 4.59. The Morgan fingerprint density at radius 2 is 2.31 bits per heavy atom. The van der Waals surface area contributed by atoms with Crippen LogP contribution in [0, 0.1) is 5.82 Å². The number of nitrogens with zero attached hydrogens (tertiary/aromatic N) is 2. The Bertz CT molecular complexity index is 501. The van der Waals surface area contributed by atoms with E-state index in [1.165, 1.54) is 18.2 Å². The van der Waals surface area contributed by atoms with E-state index in [-0.39, 0.29) is 5.02 Å². The molecule has 0 saturated carbocycles. The minimum absolute atomic E-state index is 0.0332. The monoisotopic (exact) mass is 241 g/mol. The van der Waals surface area contributed by atoms with Gasteiger partial charge in [-0.15, -0.1) is 0 Å². The molecule has 0 atom stereocenters. The van der Waals surface area contributed by atoms with Gasteiger partial charge in [0, 0.05) is 5.56 Å². The number of nitrogens with one attached hydrogen (secondary N) is 1. The van der Waals surface area contributed by atoms with Crippen LogP contribution >= 0.6 is 11.6 Å². The van der Waals surface area contributed by atoms with Crippen LogP contribution in [-0.4, -0.2) is 17.2 Å². The highest BCUT2D eigenvalue weighted by Gasteiger charge is 2.10. The summed E-state index contributed by atoms with van der Waals surface area (Å²) in [5, 5.41) is 6.68. The summed E-state index contributed by atoms with van der Waals surface area (Å²) in [6.45, 7) is 0.512. The molecule has 0 bridgehead atoms. The normalized spacial score (nSPS) is 10.7. The van der Waals surface area contributed by atoms with Crippen molar-refractivity contribution in [1.29, 1.82) is 0 Å². The van der Waals surface area contributed by atoms with Crippen LogP contribution in [0.3, 0.4) is 0 Å². The summed E-state index contributed by atoms with van der Waals surface area (Å²) >= 11 is 5.65. The Hall–Kier alpha value is -1.46. The largest absolute Gasteiger partial charge is 0.334 e. The summed E-state index contributed by atoms with van der Waals surface area (Å²) in [6.07, 6.45) is 0. The summed E-state index contributed by atoms with van der Waals surface area (Å²) in [5.74, 6) is 0.394. The molecule has 84 valence electrons. The van der Waals surface area contributed by atoms with E-state index in [2.05, 4.69) is 15.5 Å². The first kappa shape index (κ1) is 11.0. The molecule has 2 rings (SSSR count). The molecular formula is C10H9ClFN3O. The van der Waals surface area contributed by atoms with E-state index in [1.807, 2.05) is 0 Å². The molecule has 0 radical (unpaired) electrons. The first-order chi connectivity index (χ1) is 7.70. The highest BCUT2D eigenvalue weighted by atomic mass is 35.5. The van der Waals surface area contributed by atoms with Crippen molar-refractivity contribution in [2.75, 3.05) is 7.05 Å². The zero-order valence-electron chi connectivity index (χ0n) is 8.50. The van der Waals surface area contributed by atoms with Crippen LogP contribution in [0.25, 0.3) is 11.5 Å². The predicted octanol–water partition coefficient (Wildman–Crippen LogP) is 2.25. The molecule has 0 aliphatic rings. The van der Waals surface area contributed by atoms with E-state index in [9.17, 15) is 4.39 Å². The van der Waals surface area contributed by atoms with Gasteiger partial charge in [-0.1, -0.05) is 16.8 Å². The molecular weight excluding hydrogens is 233 g/mol. The number of hydrogen-bond acceptors (Lipinski definition) is 4. The first-order valence-electron chi connectivity index (χ1n) is 4.63. The third-order valence-electron chi connectivity index (χ3n) is 1.97. The second-order valence-corrected chi connectivity index (χ2v) is 3.58. The van der Waals surface area contributed by atoms with Gasteiger partial charge in [0.1, 0.15) is 5.82 Å². The third kappa shape index (κ3) is 2.20. The van der Waals surface area contributed by atoms with Crippen LogP contribution in [-0.2, 0) is 6.54 Å². The SMILES string of the molecule is CNCc1noc(-c2ccc(F)c(Cl)c2)n1. The van der Waals surface area contributed by atoms with E-state index >= 15 is 0 Å². The Morgan fingerprint density at radius 1 is 1.50 bits per heavy atom. The molecule has 0 amide bonds. The third-order valence-corrected chi connectivity index (χ3v) is 2.26. The van der Waals surface area contributed by atoms with Crippen molar-refractivity contribution >= 4 is 11.6 Å². The lowest BCUT2D eigenvalue weighted by molar-refractivity contribution is 0.420. The second-order valence-electron chi connectivity index (χ2n) is 3.17. The number of rotatable bonds is 3. The summed E-state index contributed by atoms with van der Waals surface area (Å²) in [6, 6.07) is 4.26. The van der Waals surface area contributed by atoms with Gasteiger partial charge in [-0.3, -0.25) is 0 Å². The van der Waals surface area contributed by atoms with E-state index < -0.39 is 5.82 Å². The average molecular weight is 242 g/mol. The molecule has 0 unspecified atom stereocenters. The lowest BCUT2D eigenvalue weighted by atomic mass is 10.2. The molecule has 0 aliphatic heterocycles. The summed E-state index contributed by atoms with van der Waals surface area (Å²) in [7, 11) is 1.78. The Morgan fingerprint density at radius 3 is 3.00 bits per heavy atom. The fourth-order valence-electron chi connectivity index (χ4n) is 1.23. The maximum absolute atomic E-state index is 12.9. The highest BCUT2D eigenvalue weighted by molar-refractivity contribution is 6.31. The number of hydrogen-bond donors (Lipinski definition) is 1. The topological polar surface area (TPSA) is 51.0 Å². The van der Waals surface area contributed by atoms with Crippen LogP contribution in [0.5, 0.6) is 0 Å². The molecule has 0 saturated heterocycles. The zero-order chi connectivity index (χ0) is 11.5. The van der Waals surface area contributed by atoms with Crippen LogP contribution in [0.4, 0.5) is 4.39 Å². The lowest BCUT2D eigenvalue weighted by Gasteiger charge is -1.96. The fourth-order valence-corrected chi connectivity index (χ4v) is 1.41. The molecule has 1 aromatic carbocycles. The van der Waals surface area contributed by atoms with Crippen LogP contribution < -0.4 is 5.32 Å². The highest BCUT2D eigenvalue weighted by Crippen LogP contribution is 2.23. The Labute approximate surface area is 96.4 Å². The quantitative estimate of drug-likeness (QED) is 0.896. The molecule has 2 aromatic rings. The summed E-state index contributed by atoms with van der Waals surface area (Å²) in [5.41, 5.74) is 0.598. The Kier molecular flexibility index (Phi) is 3.17. The standard InChI is InChI=1S/C10H9ClFN3O/c1-13-5-9-14-10(16-15-9)6-2-3-8(12)7(11)4-6/h2-4,13H,5H2,1H3. The van der Waals surface area contributed by atoms with Crippen molar-refractivity contribution in [3.8, 4) is 11.5 Å². The predicted molar refractivity (Wildman–Crippen MR) is 57.5 cm³/mol. The summed E-state index contributed by atoms with van der Waals surface area (Å²) < 4.78 is 17.9. The van der Waals surface area contributed by atoms with Crippen molar-refractivity contribution < 1.29 is 8.91 Å². The summed E-state index contributed by atoms with van der Waals surface area (Å²) in [4.78, 5) is 4.12. The van der Waals surface area contributed by atoms with E-state index in [0.717, 1.165) is 0 Å². The molecule has 6 heteroatoms. The zero-order valence-corrected chi connectivity index (χ0v) is 9.25. The van der Waals surface area contributed by atoms with Gasteiger partial charge in [0.05, 0.1) is 11.6 Å². The lowest BCUT2D eigenvalue weighted by Crippen LogP contribution is -2.06. The minimum atomic E-state index is -0.472. The minimum Gasteiger partial charge on any atom is -0.334 e. The number of benzene rings is 1. The van der Waals surface area contributed by atoms with Crippen molar-refractivity contribution in [2.45, 2.75) is 6.54 Å². The molecule has 1 N–H and O–H groups in total. The first-order valence-corrected chi connectivity index (χ1v) is 5.01. The van der Waals surface area contributed by atoms with Crippen LogP contribution in [0.1, 0.15) is 5.82 Å². The molecule has 0 aliphatic carbocycles. The van der Waals surface area contributed by atoms with Crippen molar-refractivity contribution in [1.82, 2.24) is 15.5 Å². The number of halogens is 2. The van der Waals surface area contributed by atoms with Crippen molar-refractivity contribution in [3.05, 3.63) is 34.9 Å². The van der Waals surface area contributed by atoms with Gasteiger partial charge in [0.15, 0.2) is 5.82 Å². The van der Waals surface area contributed by atoms with Gasteiger partial charge in [-0.25, -0.2) is 4.39 Å². The van der Waals surface area contributed by atoms with Gasteiger partial charge in [-0.05, 0) is 25.2 Å². The van der Waals surface area contributed by atoms with Gasteiger partial charge in [-0.2, -0.15) is 4.98 Å². The molecule has 4 nitrogen and oxygen atoms in total. The van der Waals surface area contributed by atoms with Crippen LogP contribution in [0.2, 0.25) is 5.02 Å². The molecule has 1 aromatic heterocycles. The van der Waals surface area contributed by atoms with Gasteiger partial charge in [0.25, 0.3) is 5.89 Å². The van der Waals surface area contributed by atoms with Crippen LogP contribution in [0.15, 0.2) is 22.7 Å². The van der Waals surface area contributed by atoms with Gasteiger partial charge in [0.2, 0.25) is 0 Å². The van der Waals surface area contributed by atoms with Gasteiger partial charge < -0.3 is 9.84 Å². The number of aromatic nitrogens is 2. The van der Waals surface area contributed by atoms with E-state index in [0.29, 0.717) is 23.8 Å². The smallest absolute Gasteiger partial charge is 0.258 e. The fraction of sp³-hybridized carbons (Fsp3) is 0.200. The average Bonchev–Trinajstić information content (AvgIpc) is 2.71. The van der Waals surface area contributed by atoms with Crippen molar-refractivity contribution in [2.24, 2.45) is 0 Å².